The van der Waals surface area contributed by atoms with Crippen LogP contribution in [-0.4, -0.2) is 107 Å². The maximum absolute atomic E-state index is 16.5. The van der Waals surface area contributed by atoms with Crippen molar-refractivity contribution in [1.29, 1.82) is 0 Å². The first-order chi connectivity index (χ1) is 36.1. The molecule has 3 fully saturated rings. The van der Waals surface area contributed by atoms with E-state index in [1.54, 1.807) is 18.4 Å². The molecule has 4 amide bonds. The molecule has 6 heterocycles. The number of imide groups is 1. The van der Waals surface area contributed by atoms with Crippen molar-refractivity contribution in [3.05, 3.63) is 116 Å². The Morgan fingerprint density at radius 3 is 2.44 bits per heavy atom. The van der Waals surface area contributed by atoms with E-state index < -0.39 is 57.7 Å². The van der Waals surface area contributed by atoms with Crippen LogP contribution in [0.15, 0.2) is 54.6 Å². The van der Waals surface area contributed by atoms with Gasteiger partial charge in [0.2, 0.25) is 11.8 Å². The molecule has 0 spiro atoms. The third kappa shape index (κ3) is 9.04. The first-order valence-electron chi connectivity index (χ1n) is 25.4. The number of aliphatic hydroxyl groups is 1. The molecule has 5 N–H and O–H groups in total. The van der Waals surface area contributed by atoms with Gasteiger partial charge in [-0.1, -0.05) is 48.9 Å². The topological polar surface area (TPSA) is 180 Å². The van der Waals surface area contributed by atoms with Crippen LogP contribution >= 0.6 is 22.9 Å². The van der Waals surface area contributed by atoms with E-state index in [9.17, 15) is 19.5 Å². The number of carbonyl (C=O) groups excluding carboxylic acids is 3. The largest absolute Gasteiger partial charge is 0.488 e. The molecule has 75 heavy (non-hydrogen) atoms. The fourth-order valence-corrected chi connectivity index (χ4v) is 13.6. The van der Waals surface area contributed by atoms with Gasteiger partial charge in [0.1, 0.15) is 29.5 Å². The number of thiazole rings is 1. The van der Waals surface area contributed by atoms with E-state index in [1.807, 2.05) is 37.3 Å². The summed E-state index contributed by atoms with van der Waals surface area (Å²) in [5.41, 5.74) is 6.56. The number of nitrogens with one attached hydrogen (secondary N) is 2. The van der Waals surface area contributed by atoms with Gasteiger partial charge in [0, 0.05) is 90.8 Å². The predicted molar refractivity (Wildman–Crippen MR) is 276 cm³/mol. The Labute approximate surface area is 438 Å². The minimum absolute atomic E-state index is 0.0416. The molecule has 3 atom stereocenters. The van der Waals surface area contributed by atoms with Crippen LogP contribution in [0.2, 0.25) is 5.02 Å². The van der Waals surface area contributed by atoms with Crippen molar-refractivity contribution in [3.63, 3.8) is 0 Å². The summed E-state index contributed by atoms with van der Waals surface area (Å²) in [5.74, 6) is -5.39. The standard InChI is InChI=1S/C54H56ClF4N9O6S/c1-28-42-39(26-36(57)46(55)45(42)44-33(50(60)71)9-11-38(47(44)58)73-23-22-69)74-54(28,30-6-4-3-5-7-30)27-61-31-8-10-37-40(24-31)75-53(62-37)67-19-14-32(15-20-67)66-17-12-29(13-18-66)43-35(56)25-34-49(48(43)59)65(2)64-51(34)68-21-16-41(70)63-52(68)72/h3-7,9,11,25-26,28-29,31-32,61,69H,8,10,12-24,27H2,1-2H3,(H2,60,71)(H,63,70,72)/t28-,31+,54-/m0/s1. The number of anilines is 2. The van der Waals surface area contributed by atoms with Crippen molar-refractivity contribution in [2.24, 2.45) is 12.8 Å². The highest BCUT2D eigenvalue weighted by Crippen LogP contribution is 2.57. The normalized spacial score (nSPS) is 21.6. The van der Waals surface area contributed by atoms with E-state index in [2.05, 4.69) is 25.5 Å². The number of likely N-dealkylation sites (tertiary alicyclic amines) is 1. The van der Waals surface area contributed by atoms with Gasteiger partial charge in [-0.05, 0) is 87.7 Å². The van der Waals surface area contributed by atoms with Crippen molar-refractivity contribution < 1.29 is 46.5 Å². The Balaban J connectivity index is 0.747. The second kappa shape index (κ2) is 20.3. The summed E-state index contributed by atoms with van der Waals surface area (Å²) in [6.45, 7) is 4.75. The molecule has 4 aromatic carbocycles. The van der Waals surface area contributed by atoms with Crippen LogP contribution in [0.4, 0.5) is 33.3 Å². The molecule has 3 saturated heterocycles. The lowest BCUT2D eigenvalue weighted by molar-refractivity contribution is -0.120. The molecule has 0 saturated carbocycles. The number of urea groups is 1. The number of aromatic nitrogens is 3. The number of aliphatic hydroxyl groups excluding tert-OH is 1. The number of primary amides is 1. The summed E-state index contributed by atoms with van der Waals surface area (Å²) in [7, 11) is 1.57. The SMILES string of the molecule is C[C@H]1c2c(cc(F)c(Cl)c2-c2c(C(N)=O)ccc(OCCO)c2F)O[C@]1(CN[C@@H]1CCc2nc(N3CCC(N4CCC(c5c(F)cc6c(N7CCC(=O)NC7=O)nn(C)c6c5F)CC4)CC3)sc2C1)c1ccccc1. The number of piperidine rings is 2. The Bertz CT molecular complexity index is 3240. The van der Waals surface area contributed by atoms with Crippen LogP contribution in [0.25, 0.3) is 22.0 Å². The van der Waals surface area contributed by atoms with Crippen molar-refractivity contribution in [3.8, 4) is 22.6 Å². The van der Waals surface area contributed by atoms with Crippen molar-refractivity contribution in [2.75, 3.05) is 62.3 Å². The minimum atomic E-state index is -1.12. The first-order valence-corrected chi connectivity index (χ1v) is 26.6. The van der Waals surface area contributed by atoms with Crippen LogP contribution in [0.1, 0.15) is 94.9 Å². The molecular weight excluding hydrogens is 1010 g/mol. The molecule has 11 rings (SSSR count). The number of amides is 4. The molecule has 15 nitrogen and oxygen atoms in total. The van der Waals surface area contributed by atoms with Gasteiger partial charge in [-0.15, -0.1) is 11.3 Å². The smallest absolute Gasteiger partial charge is 0.329 e. The quantitative estimate of drug-likeness (QED) is 0.0819. The summed E-state index contributed by atoms with van der Waals surface area (Å²) in [6.07, 6.45) is 5.44. The van der Waals surface area contributed by atoms with Crippen molar-refractivity contribution in [1.82, 2.24) is 30.3 Å². The number of fused-ring (bicyclic) bond motifs is 3. The zero-order valence-corrected chi connectivity index (χ0v) is 42.9. The predicted octanol–water partition coefficient (Wildman–Crippen LogP) is 8.21. The number of halogens is 5. The highest BCUT2D eigenvalue weighted by molar-refractivity contribution is 7.15. The molecule has 2 aromatic heterocycles. The summed E-state index contributed by atoms with van der Waals surface area (Å²) in [4.78, 5) is 49.6. The number of rotatable bonds is 13. The fraction of sp³-hybridized carbons (Fsp3) is 0.426. The number of hydrogen-bond donors (Lipinski definition) is 4. The van der Waals surface area contributed by atoms with E-state index in [4.69, 9.17) is 31.8 Å². The maximum Gasteiger partial charge on any atom is 0.329 e. The van der Waals surface area contributed by atoms with Gasteiger partial charge in [-0.3, -0.25) is 24.5 Å². The van der Waals surface area contributed by atoms with Crippen LogP contribution in [0.5, 0.6) is 11.5 Å². The van der Waals surface area contributed by atoms with Crippen LogP contribution < -0.4 is 35.6 Å². The van der Waals surface area contributed by atoms with Crippen LogP contribution in [0.3, 0.4) is 0 Å². The van der Waals surface area contributed by atoms with Gasteiger partial charge in [0.15, 0.2) is 33.9 Å². The highest BCUT2D eigenvalue weighted by atomic mass is 35.5. The molecule has 0 unspecified atom stereocenters. The average Bonchev–Trinajstić information content (AvgIpc) is 4.07. The van der Waals surface area contributed by atoms with E-state index in [-0.39, 0.29) is 88.6 Å². The zero-order valence-electron chi connectivity index (χ0n) is 41.4. The summed E-state index contributed by atoms with van der Waals surface area (Å²) in [5, 5.41) is 20.6. The Morgan fingerprint density at radius 2 is 1.72 bits per heavy atom. The van der Waals surface area contributed by atoms with Gasteiger partial charge in [-0.25, -0.2) is 27.3 Å². The number of benzene rings is 4. The van der Waals surface area contributed by atoms with Gasteiger partial charge in [-0.2, -0.15) is 5.10 Å². The van der Waals surface area contributed by atoms with E-state index in [0.29, 0.717) is 44.1 Å². The van der Waals surface area contributed by atoms with Gasteiger partial charge in [0.25, 0.3) is 0 Å². The molecule has 6 aromatic rings. The molecule has 1 aliphatic carbocycles. The lowest BCUT2D eigenvalue weighted by atomic mass is 9.77. The Hall–Kier alpha value is -6.32. The molecule has 0 bridgehead atoms. The molecule has 4 aliphatic heterocycles. The number of carbonyl (C=O) groups is 3. The minimum Gasteiger partial charge on any atom is -0.488 e. The summed E-state index contributed by atoms with van der Waals surface area (Å²) >= 11 is 8.46. The van der Waals surface area contributed by atoms with Crippen LogP contribution in [0, 0.1) is 23.3 Å². The maximum atomic E-state index is 16.5. The van der Waals surface area contributed by atoms with Gasteiger partial charge >= 0.3 is 6.03 Å². The second-order valence-electron chi connectivity index (χ2n) is 20.2. The number of ether oxygens (including phenoxy) is 2. The molecule has 394 valence electrons. The number of nitrogens with two attached hydrogens (primary N) is 1. The number of hydrogen-bond acceptors (Lipinski definition) is 12. The van der Waals surface area contributed by atoms with Crippen LogP contribution in [-0.2, 0) is 30.3 Å². The third-order valence-corrected chi connectivity index (χ3v) is 17.5. The lowest BCUT2D eigenvalue weighted by Gasteiger charge is -2.42. The first kappa shape index (κ1) is 50.8. The molecule has 0 radical (unpaired) electrons. The Kier molecular flexibility index (Phi) is 13.8. The highest BCUT2D eigenvalue weighted by Gasteiger charge is 2.50. The van der Waals surface area contributed by atoms with Crippen molar-refractivity contribution in [2.45, 2.75) is 87.8 Å². The van der Waals surface area contributed by atoms with Gasteiger partial charge in [0.05, 0.1) is 28.3 Å². The molecule has 5 aliphatic rings. The molecular formula is C54H56ClF4N9O6S. The monoisotopic (exact) mass is 1070 g/mol. The number of nitrogens with zero attached hydrogens (tertiary/aromatic N) is 6. The van der Waals surface area contributed by atoms with E-state index in [1.165, 1.54) is 38.7 Å². The average molecular weight is 1070 g/mol. The Morgan fingerprint density at radius 1 is 0.960 bits per heavy atom. The van der Waals surface area contributed by atoms with Gasteiger partial charge < -0.3 is 35.4 Å². The lowest BCUT2D eigenvalue weighted by Crippen LogP contribution is -2.49. The third-order valence-electron chi connectivity index (χ3n) is 16.0. The van der Waals surface area contributed by atoms with E-state index in [0.717, 1.165) is 61.6 Å². The van der Waals surface area contributed by atoms with Crippen molar-refractivity contribution >= 4 is 62.6 Å². The fourth-order valence-electron chi connectivity index (χ4n) is 12.1. The summed E-state index contributed by atoms with van der Waals surface area (Å²) in [6, 6.07) is 14.3. The number of aryl methyl sites for hydroxylation is 2. The summed E-state index contributed by atoms with van der Waals surface area (Å²) < 4.78 is 78.4. The zero-order chi connectivity index (χ0) is 52.4. The second-order valence-corrected chi connectivity index (χ2v) is 21.6. The molecule has 21 heteroatoms. The van der Waals surface area contributed by atoms with E-state index >= 15 is 17.6 Å².